The van der Waals surface area contributed by atoms with Crippen molar-refractivity contribution in [2.75, 3.05) is 5.75 Å². The van der Waals surface area contributed by atoms with Crippen molar-refractivity contribution >= 4 is 23.6 Å². The predicted molar refractivity (Wildman–Crippen MR) is 155 cm³/mol. The molecule has 7 nitrogen and oxygen atoms in total. The molecule has 6 unspecified atom stereocenters. The maximum atomic E-state index is 13.6. The quantitative estimate of drug-likeness (QED) is 0.370. The highest BCUT2D eigenvalue weighted by Crippen LogP contribution is 2.67. The van der Waals surface area contributed by atoms with Gasteiger partial charge in [0.05, 0.1) is 29.8 Å². The number of aliphatic hydroxyl groups is 2. The lowest BCUT2D eigenvalue weighted by Gasteiger charge is -2.60. The fraction of sp³-hybridized carbons (Fsp3) is 0.688. The Labute approximate surface area is 241 Å². The average Bonchev–Trinajstić information content (AvgIpc) is 3.48. The summed E-state index contributed by atoms with van der Waals surface area (Å²) in [6.45, 7) is 4.44. The van der Waals surface area contributed by atoms with Crippen LogP contribution >= 0.6 is 11.8 Å². The van der Waals surface area contributed by atoms with Crippen LogP contribution in [0.2, 0.25) is 0 Å². The molecular weight excluding hydrogens is 520 g/mol. The molecule has 0 aromatic carbocycles. The van der Waals surface area contributed by atoms with Gasteiger partial charge in [-0.15, -0.1) is 0 Å². The summed E-state index contributed by atoms with van der Waals surface area (Å²) < 4.78 is 2.31. The third-order valence-corrected chi connectivity index (χ3v) is 12.7. The molecule has 0 bridgehead atoms. The molecular formula is C32H42N4O3S. The second kappa shape index (κ2) is 9.77. The van der Waals surface area contributed by atoms with Gasteiger partial charge in [-0.05, 0) is 92.2 Å². The molecule has 2 N–H and O–H groups in total. The number of thioether (sulfide) groups is 1. The molecule has 4 fully saturated rings. The van der Waals surface area contributed by atoms with Crippen LogP contribution in [0.4, 0.5) is 0 Å². The monoisotopic (exact) mass is 562 g/mol. The highest BCUT2D eigenvalue weighted by Gasteiger charge is 2.68. The van der Waals surface area contributed by atoms with E-state index in [-0.39, 0.29) is 34.7 Å². The number of nitrogens with zero attached hydrogens (tertiary/aromatic N) is 4. The summed E-state index contributed by atoms with van der Waals surface area (Å²) in [5, 5.41) is 29.4. The Kier molecular flexibility index (Phi) is 6.56. The van der Waals surface area contributed by atoms with Crippen molar-refractivity contribution in [3.05, 3.63) is 41.5 Å². The minimum Gasteiger partial charge on any atom is -0.393 e. The van der Waals surface area contributed by atoms with Crippen LogP contribution in [0.25, 0.3) is 6.08 Å². The maximum absolute atomic E-state index is 13.6. The van der Waals surface area contributed by atoms with Crippen LogP contribution in [-0.4, -0.2) is 53.2 Å². The first-order valence-electron chi connectivity index (χ1n) is 15.4. The van der Waals surface area contributed by atoms with E-state index < -0.39 is 17.1 Å². The number of Topliss-reactive ketones (excluding diaryl/α,β-unsaturated/α-hetero) is 1. The van der Waals surface area contributed by atoms with Gasteiger partial charge in [0.15, 0.2) is 10.9 Å². The molecule has 0 spiro atoms. The summed E-state index contributed by atoms with van der Waals surface area (Å²) in [5.74, 6) is 0.628. The number of hydrogen-bond donors (Lipinski definition) is 2. The van der Waals surface area contributed by atoms with Gasteiger partial charge < -0.3 is 10.2 Å². The highest BCUT2D eigenvalue weighted by atomic mass is 32.2. The van der Waals surface area contributed by atoms with E-state index in [0.717, 1.165) is 25.7 Å². The Hall–Kier alpha value is -2.03. The minimum absolute atomic E-state index is 0.123. The van der Waals surface area contributed by atoms with Gasteiger partial charge >= 0.3 is 0 Å². The number of aromatic nitrogens is 4. The molecule has 5 aliphatic rings. The number of allylic oxidation sites excluding steroid dienone is 1. The summed E-state index contributed by atoms with van der Waals surface area (Å²) in [6.07, 6.45) is 18.3. The van der Waals surface area contributed by atoms with Crippen molar-refractivity contribution in [2.24, 2.45) is 28.6 Å². The predicted octanol–water partition coefficient (Wildman–Crippen LogP) is 5.42. The summed E-state index contributed by atoms with van der Waals surface area (Å²) in [7, 11) is 0. The zero-order valence-corrected chi connectivity index (χ0v) is 24.6. The molecule has 4 saturated carbocycles. The fourth-order valence-corrected chi connectivity index (χ4v) is 10.7. The Morgan fingerprint density at radius 2 is 1.90 bits per heavy atom. The summed E-state index contributed by atoms with van der Waals surface area (Å²) in [6, 6.07) is 2.26. The molecule has 2 heterocycles. The lowest BCUT2D eigenvalue weighted by Crippen LogP contribution is -2.62. The topological polar surface area (TPSA) is 101 Å². The maximum Gasteiger partial charge on any atom is 0.187 e. The largest absolute Gasteiger partial charge is 0.393 e. The van der Waals surface area contributed by atoms with Crippen molar-refractivity contribution in [3.8, 4) is 0 Å². The molecule has 214 valence electrons. The molecule has 0 saturated heterocycles. The van der Waals surface area contributed by atoms with Crippen molar-refractivity contribution in [2.45, 2.75) is 107 Å². The van der Waals surface area contributed by atoms with Gasteiger partial charge in [-0.25, -0.2) is 9.97 Å². The first-order chi connectivity index (χ1) is 19.2. The van der Waals surface area contributed by atoms with Crippen LogP contribution in [0.1, 0.15) is 95.4 Å². The van der Waals surface area contributed by atoms with Crippen LogP contribution in [0.3, 0.4) is 0 Å². The van der Waals surface area contributed by atoms with Gasteiger partial charge in [-0.1, -0.05) is 50.4 Å². The number of carbonyl (C=O) groups is 1. The van der Waals surface area contributed by atoms with Gasteiger partial charge in [-0.3, -0.25) is 9.48 Å². The number of rotatable bonds is 5. The van der Waals surface area contributed by atoms with Gasteiger partial charge in [-0.2, -0.15) is 5.10 Å². The smallest absolute Gasteiger partial charge is 0.187 e. The van der Waals surface area contributed by atoms with Crippen LogP contribution < -0.4 is 0 Å². The Bertz CT molecular complexity index is 1320. The van der Waals surface area contributed by atoms with Crippen molar-refractivity contribution in [1.29, 1.82) is 0 Å². The average molecular weight is 563 g/mol. The normalized spacial score (nSPS) is 39.0. The van der Waals surface area contributed by atoms with E-state index in [1.807, 2.05) is 0 Å². The fourth-order valence-electron chi connectivity index (χ4n) is 9.89. The Morgan fingerprint density at radius 1 is 1.12 bits per heavy atom. The minimum atomic E-state index is -1.43. The highest BCUT2D eigenvalue weighted by molar-refractivity contribution is 7.99. The second-order valence-corrected chi connectivity index (χ2v) is 14.7. The number of carbonyl (C=O) groups excluding carboxylic acids is 1. The third kappa shape index (κ3) is 3.92. The SMILES string of the molecule is CC12Cc3cnn(C4CCCCC4)c3C=C1CCC1C2C(O)CC2(C)C1CC[C@]2(O)C(=O)CSc1ncccn1. The summed E-state index contributed by atoms with van der Waals surface area (Å²) in [4.78, 5) is 22.0. The Morgan fingerprint density at radius 3 is 2.67 bits per heavy atom. The lowest BCUT2D eigenvalue weighted by molar-refractivity contribution is -0.177. The van der Waals surface area contributed by atoms with E-state index in [4.69, 9.17) is 5.10 Å². The number of hydrogen-bond acceptors (Lipinski definition) is 7. The van der Waals surface area contributed by atoms with Crippen LogP contribution in [0.5, 0.6) is 0 Å². The summed E-state index contributed by atoms with van der Waals surface area (Å²) >= 11 is 1.29. The lowest BCUT2D eigenvalue weighted by atomic mass is 9.45. The molecule has 40 heavy (non-hydrogen) atoms. The van der Waals surface area contributed by atoms with Crippen LogP contribution in [0, 0.1) is 28.6 Å². The molecule has 2 aromatic rings. The van der Waals surface area contributed by atoms with E-state index in [1.165, 1.54) is 60.7 Å². The zero-order chi connectivity index (χ0) is 27.7. The van der Waals surface area contributed by atoms with Gasteiger partial charge in [0.1, 0.15) is 5.60 Å². The molecule has 5 aliphatic carbocycles. The Balaban J connectivity index is 1.14. The molecule has 8 heteroatoms. The van der Waals surface area contributed by atoms with E-state index in [1.54, 1.807) is 18.5 Å². The summed E-state index contributed by atoms with van der Waals surface area (Å²) in [5.41, 5.74) is 1.90. The van der Waals surface area contributed by atoms with Gasteiger partial charge in [0, 0.05) is 17.8 Å². The molecule has 7 rings (SSSR count). The number of fused-ring (bicyclic) bond motifs is 6. The number of aliphatic hydroxyl groups excluding tert-OH is 1. The van der Waals surface area contributed by atoms with Crippen molar-refractivity contribution in [3.63, 3.8) is 0 Å². The van der Waals surface area contributed by atoms with Gasteiger partial charge in [0.2, 0.25) is 0 Å². The molecule has 2 aromatic heterocycles. The van der Waals surface area contributed by atoms with E-state index in [9.17, 15) is 15.0 Å². The van der Waals surface area contributed by atoms with Crippen molar-refractivity contribution < 1.29 is 15.0 Å². The van der Waals surface area contributed by atoms with E-state index in [2.05, 4.69) is 40.8 Å². The molecule has 0 amide bonds. The molecule has 0 aliphatic heterocycles. The van der Waals surface area contributed by atoms with E-state index in [0.29, 0.717) is 24.0 Å². The van der Waals surface area contributed by atoms with Crippen LogP contribution in [0.15, 0.2) is 35.4 Å². The van der Waals surface area contributed by atoms with E-state index >= 15 is 0 Å². The molecule has 7 atom stereocenters. The third-order valence-electron chi connectivity index (χ3n) is 11.9. The standard InChI is InChI=1S/C32H42N4O3S/c1-30-16-20-18-35-36(22-7-4-3-5-8-22)25(20)15-21(30)9-10-23-24-11-12-32(39,31(24,2)17-26(37)28(23)30)27(38)19-40-29-33-13-6-14-34-29/h6,13-15,18,22-24,26,28,37,39H,3-5,7-12,16-17,19H2,1-2H3/t23?,24?,26?,28?,30?,31?,32-/m0/s1. The zero-order valence-electron chi connectivity index (χ0n) is 23.8. The van der Waals surface area contributed by atoms with Crippen LogP contribution in [-0.2, 0) is 11.2 Å². The molecule has 0 radical (unpaired) electrons. The van der Waals surface area contributed by atoms with Crippen molar-refractivity contribution in [1.82, 2.24) is 19.7 Å². The first kappa shape index (κ1) is 26.8. The van der Waals surface area contributed by atoms with Gasteiger partial charge in [0.25, 0.3) is 0 Å². The number of ketones is 1. The second-order valence-electron chi connectivity index (χ2n) is 13.7. The first-order valence-corrected chi connectivity index (χ1v) is 16.3.